The zero-order valence-electron chi connectivity index (χ0n) is 77.8. The highest BCUT2D eigenvalue weighted by Gasteiger charge is 2.30. The number of unbranched alkanes of at least 4 members (excludes halogenated alkanes) is 39. The van der Waals surface area contributed by atoms with Crippen molar-refractivity contribution in [2.45, 2.75) is 424 Å². The van der Waals surface area contributed by atoms with Crippen molar-refractivity contribution in [2.75, 3.05) is 39.6 Å². The van der Waals surface area contributed by atoms with Crippen molar-refractivity contribution in [3.8, 4) is 0 Å². The average Bonchev–Trinajstić information content (AvgIpc) is 0.898. The van der Waals surface area contributed by atoms with Crippen LogP contribution in [-0.4, -0.2) is 95.9 Å². The summed E-state index contributed by atoms with van der Waals surface area (Å²) in [7, 11) is -9.82. The number of hydrogen-bond acceptors (Lipinski definition) is 14. The summed E-state index contributed by atoms with van der Waals surface area (Å²) in [5, 5.41) is 20.8. The molecule has 5 unspecified atom stereocenters. The van der Waals surface area contributed by atoms with Crippen molar-refractivity contribution < 1.29 is 75.8 Å². The molecule has 0 radical (unpaired) electrons. The van der Waals surface area contributed by atoms with E-state index in [9.17, 15) is 43.5 Å². The van der Waals surface area contributed by atoms with E-state index in [1.165, 1.54) is 173 Å². The summed E-state index contributed by atoms with van der Waals surface area (Å²) in [4.78, 5) is 59.2. The average molecular weight is 1760 g/mol. The fraction of sp³-hybridized carbons (Fsp3) is 0.686. The first-order chi connectivity index (χ1) is 60.2. The van der Waals surface area contributed by atoms with Crippen molar-refractivity contribution in [1.29, 1.82) is 0 Å². The van der Waals surface area contributed by atoms with E-state index in [1.807, 2.05) is 0 Å². The summed E-state index contributed by atoms with van der Waals surface area (Å²) in [6.45, 7) is 2.47. The van der Waals surface area contributed by atoms with Crippen LogP contribution in [0, 0.1) is 0 Å². The van der Waals surface area contributed by atoms with Gasteiger partial charge in [0, 0.05) is 19.3 Å². The van der Waals surface area contributed by atoms with Gasteiger partial charge >= 0.3 is 33.6 Å². The molecule has 0 aromatic rings. The van der Waals surface area contributed by atoms with E-state index < -0.39 is 91.5 Å². The van der Waals surface area contributed by atoms with Gasteiger partial charge in [0.2, 0.25) is 0 Å². The molecule has 0 saturated heterocycles. The number of esters is 3. The van der Waals surface area contributed by atoms with E-state index in [0.717, 1.165) is 173 Å². The van der Waals surface area contributed by atoms with Crippen LogP contribution in [-0.2, 0) is 55.8 Å². The summed E-state index contributed by atoms with van der Waals surface area (Å²) in [6.07, 6.45) is 126. The van der Waals surface area contributed by atoms with Gasteiger partial charge in [-0.05, 0) is 161 Å². The van der Waals surface area contributed by atoms with Gasteiger partial charge in [-0.2, -0.15) is 0 Å². The van der Waals surface area contributed by atoms with Crippen LogP contribution in [0.1, 0.15) is 406 Å². The summed E-state index contributed by atoms with van der Waals surface area (Å²) >= 11 is 0. The third-order valence-electron chi connectivity index (χ3n) is 20.6. The lowest BCUT2D eigenvalue weighted by Gasteiger charge is -2.21. The largest absolute Gasteiger partial charge is 0.472 e. The molecular weight excluding hydrogens is 1580 g/mol. The van der Waals surface area contributed by atoms with Crippen LogP contribution in [0.5, 0.6) is 0 Å². The van der Waals surface area contributed by atoms with Crippen LogP contribution in [0.15, 0.2) is 182 Å². The molecule has 0 bridgehead atoms. The molecule has 0 aliphatic rings. The maximum atomic E-state index is 13.1. The Labute approximate surface area is 751 Å². The van der Waals surface area contributed by atoms with Gasteiger partial charge in [0.1, 0.15) is 25.4 Å². The van der Waals surface area contributed by atoms with Crippen LogP contribution >= 0.6 is 15.6 Å². The minimum atomic E-state index is -4.95. The molecule has 0 aromatic carbocycles. The van der Waals surface area contributed by atoms with Gasteiger partial charge in [-0.1, -0.05) is 409 Å². The second kappa shape index (κ2) is 95.7. The van der Waals surface area contributed by atoms with Crippen molar-refractivity contribution in [2.24, 2.45) is 0 Å². The first-order valence-electron chi connectivity index (χ1n) is 49.1. The standard InChI is InChI=1S/C105H178O16P2/c1-4-7-10-13-16-19-22-25-28-31-34-37-40-43-46-48-49-51-54-55-58-61-64-67-70-73-76-79-82-85-88-91-103(108)115-94-100(106)95-117-122(111,112)118-96-101(107)97-119-123(113,114)120-99-102(121-105(110)93-90-87-84-81-78-75-72-69-66-63-60-57-52-45-42-39-36-33-30-27-24-21-18-15-12-9-6-3)98-116-104(109)92-89-86-83-80-77-74-71-68-65-62-59-56-53-50-47-44-41-38-35-32-29-26-23-20-17-14-11-8-5-2/h7-8,10-11,16-21,25-30,34-39,43-47,52-53,56,100-102,106-107H,4-6,9,12-15,22-24,31-33,40-42,48-51,54-55,57-99H2,1-3H3,(H,111,112)(H,113,114)/b10-7-,11-8-,19-16-,20-17-,21-18-,28-25-,29-26-,30-27-,37-34-,38-35-,39-36-,46-43-,47-44-,52-45-,56-53-. The van der Waals surface area contributed by atoms with E-state index in [1.54, 1.807) is 0 Å². The van der Waals surface area contributed by atoms with Crippen molar-refractivity contribution in [3.05, 3.63) is 182 Å². The fourth-order valence-electron chi connectivity index (χ4n) is 13.2. The number of aliphatic hydroxyl groups excluding tert-OH is 2. The van der Waals surface area contributed by atoms with E-state index in [2.05, 4.69) is 203 Å². The second-order valence-corrected chi connectivity index (χ2v) is 35.4. The molecule has 5 atom stereocenters. The lowest BCUT2D eigenvalue weighted by atomic mass is 10.0. The predicted molar refractivity (Wildman–Crippen MR) is 518 cm³/mol. The lowest BCUT2D eigenvalue weighted by Crippen LogP contribution is -2.30. The van der Waals surface area contributed by atoms with Crippen molar-refractivity contribution in [3.63, 3.8) is 0 Å². The maximum Gasteiger partial charge on any atom is 0.472 e. The summed E-state index contributed by atoms with van der Waals surface area (Å²) in [5.41, 5.74) is 0. The van der Waals surface area contributed by atoms with Gasteiger partial charge in [-0.25, -0.2) is 9.13 Å². The van der Waals surface area contributed by atoms with Gasteiger partial charge in [0.15, 0.2) is 6.10 Å². The number of carbonyl (C=O) groups excluding carboxylic acids is 3. The van der Waals surface area contributed by atoms with Crippen LogP contribution < -0.4 is 0 Å². The fourth-order valence-corrected chi connectivity index (χ4v) is 14.8. The molecule has 0 aliphatic heterocycles. The molecule has 0 saturated carbocycles. The predicted octanol–water partition coefficient (Wildman–Crippen LogP) is 30.8. The molecule has 704 valence electrons. The van der Waals surface area contributed by atoms with Crippen LogP contribution in [0.3, 0.4) is 0 Å². The third kappa shape index (κ3) is 97.1. The lowest BCUT2D eigenvalue weighted by molar-refractivity contribution is -0.161. The Morgan fingerprint density at radius 3 is 0.683 bits per heavy atom. The molecule has 0 spiro atoms. The monoisotopic (exact) mass is 1760 g/mol. The number of carbonyl (C=O) groups is 3. The Kier molecular flexibility index (Phi) is 91.6. The quantitative estimate of drug-likeness (QED) is 0.0146. The van der Waals surface area contributed by atoms with Gasteiger partial charge in [0.05, 0.1) is 26.4 Å². The Balaban J connectivity index is 4.65. The smallest absolute Gasteiger partial charge is 0.463 e. The van der Waals surface area contributed by atoms with E-state index in [4.69, 9.17) is 32.3 Å². The molecule has 0 amide bonds. The summed E-state index contributed by atoms with van der Waals surface area (Å²) in [5.74, 6) is -1.57. The minimum Gasteiger partial charge on any atom is -0.463 e. The van der Waals surface area contributed by atoms with E-state index in [-0.39, 0.29) is 19.3 Å². The topological polar surface area (TPSA) is 231 Å². The second-order valence-electron chi connectivity index (χ2n) is 32.5. The number of phosphoric ester groups is 2. The van der Waals surface area contributed by atoms with Crippen LogP contribution in [0.2, 0.25) is 0 Å². The number of hydrogen-bond donors (Lipinski definition) is 4. The zero-order chi connectivity index (χ0) is 89.3. The van der Waals surface area contributed by atoms with E-state index in [0.29, 0.717) is 19.3 Å². The minimum absolute atomic E-state index is 0.0952. The number of aliphatic hydroxyl groups is 2. The molecule has 123 heavy (non-hydrogen) atoms. The van der Waals surface area contributed by atoms with Gasteiger partial charge in [0.25, 0.3) is 0 Å². The number of allylic oxidation sites excluding steroid dienone is 30. The molecule has 0 aliphatic carbocycles. The Hall–Kier alpha value is -5.35. The number of rotatable bonds is 92. The number of phosphoric acid groups is 2. The molecule has 16 nitrogen and oxygen atoms in total. The summed E-state index contributed by atoms with van der Waals surface area (Å²) < 4.78 is 61.6. The van der Waals surface area contributed by atoms with Gasteiger partial charge in [-0.15, -0.1) is 0 Å². The zero-order valence-corrected chi connectivity index (χ0v) is 79.6. The molecule has 0 fully saturated rings. The maximum absolute atomic E-state index is 13.1. The Morgan fingerprint density at radius 2 is 0.431 bits per heavy atom. The molecular formula is C105H178O16P2. The highest BCUT2D eigenvalue weighted by molar-refractivity contribution is 7.47. The van der Waals surface area contributed by atoms with Crippen LogP contribution in [0.4, 0.5) is 0 Å². The molecule has 0 heterocycles. The van der Waals surface area contributed by atoms with Gasteiger partial charge in [-0.3, -0.25) is 32.5 Å². The Bertz CT molecular complexity index is 2970. The van der Waals surface area contributed by atoms with Crippen molar-refractivity contribution >= 4 is 33.6 Å². The molecule has 0 rings (SSSR count). The normalized spacial score (nSPS) is 14.5. The van der Waals surface area contributed by atoms with Crippen LogP contribution in [0.25, 0.3) is 0 Å². The van der Waals surface area contributed by atoms with Crippen molar-refractivity contribution in [1.82, 2.24) is 0 Å². The molecule has 0 aromatic heterocycles. The number of ether oxygens (including phenoxy) is 3. The highest BCUT2D eigenvalue weighted by atomic mass is 31.2. The highest BCUT2D eigenvalue weighted by Crippen LogP contribution is 2.45. The Morgan fingerprint density at radius 1 is 0.236 bits per heavy atom. The summed E-state index contributed by atoms with van der Waals surface area (Å²) in [6, 6.07) is 0. The molecule has 4 N–H and O–H groups in total. The third-order valence-corrected chi connectivity index (χ3v) is 22.5. The first-order valence-corrected chi connectivity index (χ1v) is 52.1. The van der Waals surface area contributed by atoms with E-state index >= 15 is 0 Å². The first kappa shape index (κ1) is 118. The SMILES string of the molecule is CC/C=C\C/C=C\C/C=C\C/C=C\C/C=C\C/C=C\CCCCCCCCCCCCC(=O)OCC(COP(=O)(O)OCC(O)COP(=O)(O)OCC(O)COC(=O)CCCCCCCCCCCCCCCCC/C=C\C/C=C\C/C=C\C/C=C\C/C=C\CC)OC(=O)CCCCCCCCCCCCC/C=C\C/C=C\C/C=C\C/C=C\CCCCC. The molecule has 18 heteroatoms. The van der Waals surface area contributed by atoms with Gasteiger partial charge < -0.3 is 34.2 Å².